The first kappa shape index (κ1) is 15.8. The summed E-state index contributed by atoms with van der Waals surface area (Å²) >= 11 is 1.72. The molecule has 0 aliphatic carbocycles. The molecule has 0 bridgehead atoms. The molecule has 3 rings (SSSR count). The lowest BCUT2D eigenvalue weighted by atomic mass is 10.1. The molecule has 0 saturated carbocycles. The molecule has 2 aromatic carbocycles. The first-order chi connectivity index (χ1) is 11.2. The number of rotatable bonds is 6. The first-order valence-corrected chi connectivity index (χ1v) is 8.49. The second-order valence-electron chi connectivity index (χ2n) is 5.54. The Hall–Kier alpha value is -2.04. The minimum absolute atomic E-state index is 0.187. The maximum absolute atomic E-state index is 12.8. The van der Waals surface area contributed by atoms with Gasteiger partial charge in [0, 0.05) is 12.7 Å². The maximum atomic E-state index is 12.8. The van der Waals surface area contributed by atoms with E-state index in [0.29, 0.717) is 0 Å². The fourth-order valence-electron chi connectivity index (χ4n) is 2.32. The van der Waals surface area contributed by atoms with Crippen molar-refractivity contribution in [3.05, 3.63) is 76.7 Å². The molecule has 0 atom stereocenters. The first-order valence-electron chi connectivity index (χ1n) is 7.67. The summed E-state index contributed by atoms with van der Waals surface area (Å²) in [5, 5.41) is 4.48. The highest BCUT2D eigenvalue weighted by atomic mass is 32.1. The summed E-state index contributed by atoms with van der Waals surface area (Å²) in [6.07, 6.45) is 2.82. The van der Waals surface area contributed by atoms with Crippen LogP contribution in [0.2, 0.25) is 0 Å². The van der Waals surface area contributed by atoms with Crippen molar-refractivity contribution in [1.29, 1.82) is 0 Å². The number of nitrogens with one attached hydrogen (secondary N) is 1. The molecule has 23 heavy (non-hydrogen) atoms. The summed E-state index contributed by atoms with van der Waals surface area (Å²) in [5.41, 5.74) is 3.62. The highest BCUT2D eigenvalue weighted by Crippen LogP contribution is 2.26. The largest absolute Gasteiger partial charge is 0.310 e. The minimum Gasteiger partial charge on any atom is -0.310 e. The van der Waals surface area contributed by atoms with E-state index in [1.165, 1.54) is 28.1 Å². The van der Waals surface area contributed by atoms with Gasteiger partial charge in [-0.05, 0) is 43.1 Å². The van der Waals surface area contributed by atoms with Gasteiger partial charge in [0.05, 0.1) is 4.88 Å². The summed E-state index contributed by atoms with van der Waals surface area (Å²) in [6, 6.07) is 15.2. The fourth-order valence-corrected chi connectivity index (χ4v) is 3.22. The Morgan fingerprint density at radius 3 is 2.52 bits per heavy atom. The molecular formula is C19H19FN2S. The summed E-state index contributed by atoms with van der Waals surface area (Å²) in [4.78, 5) is 5.67. The van der Waals surface area contributed by atoms with E-state index in [4.69, 9.17) is 0 Å². The van der Waals surface area contributed by atoms with Crippen molar-refractivity contribution in [2.75, 3.05) is 6.54 Å². The average molecular weight is 326 g/mol. The van der Waals surface area contributed by atoms with Crippen molar-refractivity contribution in [3.63, 3.8) is 0 Å². The number of aryl methyl sites for hydroxylation is 1. The van der Waals surface area contributed by atoms with E-state index < -0.39 is 0 Å². The van der Waals surface area contributed by atoms with Gasteiger partial charge in [0.1, 0.15) is 10.8 Å². The van der Waals surface area contributed by atoms with E-state index in [1.807, 2.05) is 18.3 Å². The quantitative estimate of drug-likeness (QED) is 0.670. The van der Waals surface area contributed by atoms with E-state index in [0.717, 1.165) is 30.1 Å². The van der Waals surface area contributed by atoms with Gasteiger partial charge in [-0.25, -0.2) is 9.37 Å². The van der Waals surface area contributed by atoms with Crippen LogP contribution in [-0.4, -0.2) is 11.5 Å². The number of aromatic nitrogens is 1. The van der Waals surface area contributed by atoms with Crippen molar-refractivity contribution in [2.24, 2.45) is 0 Å². The molecule has 1 aromatic heterocycles. The molecule has 118 valence electrons. The fraction of sp³-hybridized carbons (Fsp3) is 0.211. The standard InChI is InChI=1S/C19H19FN2S/c1-14-2-6-16(7-3-14)18-12-22-19(23-18)13-21-11-10-15-4-8-17(20)9-5-15/h2-9,12,21H,10-11,13H2,1H3. The third-order valence-corrected chi connectivity index (χ3v) is 4.72. The molecule has 1 N–H and O–H groups in total. The predicted molar refractivity (Wildman–Crippen MR) is 94.1 cm³/mol. The predicted octanol–water partition coefficient (Wildman–Crippen LogP) is 4.59. The van der Waals surface area contributed by atoms with Crippen LogP contribution in [0.1, 0.15) is 16.1 Å². The third-order valence-electron chi connectivity index (χ3n) is 3.67. The van der Waals surface area contributed by atoms with E-state index in [2.05, 4.69) is 41.5 Å². The Labute approximate surface area is 140 Å². The molecule has 0 saturated heterocycles. The van der Waals surface area contributed by atoms with Gasteiger partial charge in [0.2, 0.25) is 0 Å². The van der Waals surface area contributed by atoms with E-state index in [9.17, 15) is 4.39 Å². The molecular weight excluding hydrogens is 307 g/mol. The molecule has 0 aliphatic heterocycles. The SMILES string of the molecule is Cc1ccc(-c2cnc(CNCCc3ccc(F)cc3)s2)cc1. The highest BCUT2D eigenvalue weighted by molar-refractivity contribution is 7.15. The lowest BCUT2D eigenvalue weighted by Gasteiger charge is -2.03. The molecule has 4 heteroatoms. The van der Waals surface area contributed by atoms with Gasteiger partial charge in [0.25, 0.3) is 0 Å². The Bertz CT molecular complexity index is 748. The molecule has 0 amide bonds. The van der Waals surface area contributed by atoms with Gasteiger partial charge in [-0.3, -0.25) is 0 Å². The second-order valence-corrected chi connectivity index (χ2v) is 6.65. The van der Waals surface area contributed by atoms with E-state index in [-0.39, 0.29) is 5.82 Å². The van der Waals surface area contributed by atoms with Gasteiger partial charge in [-0.15, -0.1) is 11.3 Å². The zero-order valence-corrected chi connectivity index (χ0v) is 13.9. The highest BCUT2D eigenvalue weighted by Gasteiger charge is 2.04. The molecule has 0 spiro atoms. The molecule has 0 aliphatic rings. The summed E-state index contributed by atoms with van der Waals surface area (Å²) in [6.45, 7) is 3.70. The number of hydrogen-bond donors (Lipinski definition) is 1. The number of nitrogens with zero attached hydrogens (tertiary/aromatic N) is 1. The minimum atomic E-state index is -0.187. The summed E-state index contributed by atoms with van der Waals surface area (Å²) in [5.74, 6) is -0.187. The topological polar surface area (TPSA) is 24.9 Å². The van der Waals surface area contributed by atoms with Gasteiger partial charge in [-0.2, -0.15) is 0 Å². The van der Waals surface area contributed by atoms with Crippen LogP contribution < -0.4 is 5.32 Å². The van der Waals surface area contributed by atoms with Gasteiger partial charge < -0.3 is 5.32 Å². The van der Waals surface area contributed by atoms with Crippen LogP contribution in [0.5, 0.6) is 0 Å². The smallest absolute Gasteiger partial charge is 0.123 e. The van der Waals surface area contributed by atoms with Crippen LogP contribution in [0.15, 0.2) is 54.7 Å². The maximum Gasteiger partial charge on any atom is 0.123 e. The number of benzene rings is 2. The van der Waals surface area contributed by atoms with Crippen molar-refractivity contribution in [1.82, 2.24) is 10.3 Å². The monoisotopic (exact) mass is 326 g/mol. The zero-order chi connectivity index (χ0) is 16.1. The van der Waals surface area contributed by atoms with E-state index in [1.54, 1.807) is 11.3 Å². The van der Waals surface area contributed by atoms with Crippen molar-refractivity contribution >= 4 is 11.3 Å². The zero-order valence-electron chi connectivity index (χ0n) is 13.1. The molecule has 0 radical (unpaired) electrons. The number of hydrogen-bond acceptors (Lipinski definition) is 3. The molecule has 2 nitrogen and oxygen atoms in total. The molecule has 3 aromatic rings. The van der Waals surface area contributed by atoms with E-state index >= 15 is 0 Å². The Morgan fingerprint density at radius 1 is 1.04 bits per heavy atom. The van der Waals surface area contributed by atoms with Gasteiger partial charge >= 0.3 is 0 Å². The lowest BCUT2D eigenvalue weighted by Crippen LogP contribution is -2.16. The van der Waals surface area contributed by atoms with Crippen LogP contribution in [0.3, 0.4) is 0 Å². The van der Waals surface area contributed by atoms with Gasteiger partial charge in [-0.1, -0.05) is 42.0 Å². The molecule has 0 unspecified atom stereocenters. The number of halogens is 1. The van der Waals surface area contributed by atoms with Crippen molar-refractivity contribution in [2.45, 2.75) is 19.9 Å². The van der Waals surface area contributed by atoms with Crippen molar-refractivity contribution < 1.29 is 4.39 Å². The van der Waals surface area contributed by atoms with Crippen LogP contribution in [0, 0.1) is 12.7 Å². The average Bonchev–Trinajstić information content (AvgIpc) is 3.03. The second kappa shape index (κ2) is 7.49. The summed E-state index contributed by atoms with van der Waals surface area (Å²) in [7, 11) is 0. The Morgan fingerprint density at radius 2 is 1.78 bits per heavy atom. The Kier molecular flexibility index (Phi) is 5.16. The Balaban J connectivity index is 1.49. The van der Waals surface area contributed by atoms with Gasteiger partial charge in [0.15, 0.2) is 0 Å². The lowest BCUT2D eigenvalue weighted by molar-refractivity contribution is 0.626. The molecule has 0 fully saturated rings. The number of thiazole rings is 1. The van der Waals surface area contributed by atoms with Crippen molar-refractivity contribution in [3.8, 4) is 10.4 Å². The normalized spacial score (nSPS) is 10.9. The molecule has 1 heterocycles. The van der Waals surface area contributed by atoms with Crippen LogP contribution in [0.25, 0.3) is 10.4 Å². The third kappa shape index (κ3) is 4.47. The van der Waals surface area contributed by atoms with Crippen LogP contribution in [0.4, 0.5) is 4.39 Å². The van der Waals surface area contributed by atoms with Crippen LogP contribution >= 0.6 is 11.3 Å². The van der Waals surface area contributed by atoms with Crippen LogP contribution in [-0.2, 0) is 13.0 Å². The summed E-state index contributed by atoms with van der Waals surface area (Å²) < 4.78 is 12.8.